The Bertz CT molecular complexity index is 1450. The Morgan fingerprint density at radius 1 is 1.20 bits per heavy atom. The summed E-state index contributed by atoms with van der Waals surface area (Å²) in [5.74, 6) is 0.184. The molecule has 1 aliphatic rings. The van der Waals surface area contributed by atoms with E-state index in [1.165, 1.54) is 12.4 Å². The molecule has 0 radical (unpaired) electrons. The summed E-state index contributed by atoms with van der Waals surface area (Å²) in [6.07, 6.45) is 4.87. The number of aliphatic hydroxyl groups excluding tert-OH is 1. The number of fused-ring (bicyclic) bond motifs is 1. The van der Waals surface area contributed by atoms with Crippen LogP contribution in [-0.2, 0) is 15.8 Å². The number of ether oxygens (including phenoxy) is 1. The molecule has 0 unspecified atom stereocenters. The summed E-state index contributed by atoms with van der Waals surface area (Å²) in [5, 5.41) is 18.4. The van der Waals surface area contributed by atoms with Crippen molar-refractivity contribution < 1.29 is 18.3 Å². The van der Waals surface area contributed by atoms with Crippen LogP contribution in [0.5, 0.6) is 5.88 Å². The van der Waals surface area contributed by atoms with E-state index < -0.39 is 16.1 Å². The maximum absolute atomic E-state index is 13.2. The minimum atomic E-state index is -3.77. The van der Waals surface area contributed by atoms with Gasteiger partial charge < -0.3 is 15.2 Å². The third kappa shape index (κ3) is 4.58. The largest absolute Gasteiger partial charge is 0.477 e. The molecule has 10 nitrogen and oxygen atoms in total. The maximum atomic E-state index is 13.2. The standard InChI is InChI=1S/C23H25ClN6O4S/c1-2-34-22-16-11-12-29(35(32,33)14-15-7-4-3-5-8-15)21(16)27-23(28-22)26-17-13-25-30(20(17)24)18-9-6-10-19(18)31/h3-5,7-8,11-13,18-19,31H,2,6,9-10,14H2,1H3,(H,26,27,28)/t18-,19-/m1/s1. The highest BCUT2D eigenvalue weighted by atomic mass is 35.5. The molecule has 4 aromatic rings. The number of nitrogens with one attached hydrogen (secondary N) is 1. The predicted octanol–water partition coefficient (Wildman–Crippen LogP) is 3.89. The molecule has 0 aliphatic heterocycles. The number of hydrogen-bond donors (Lipinski definition) is 2. The second kappa shape index (κ2) is 9.48. The molecule has 0 amide bonds. The van der Waals surface area contributed by atoms with Crippen molar-refractivity contribution in [3.8, 4) is 5.88 Å². The van der Waals surface area contributed by atoms with Crippen LogP contribution in [0.1, 0.15) is 37.8 Å². The maximum Gasteiger partial charge on any atom is 0.244 e. The van der Waals surface area contributed by atoms with Crippen LogP contribution in [-0.4, -0.2) is 50.0 Å². The topological polar surface area (TPSA) is 124 Å². The van der Waals surface area contributed by atoms with Gasteiger partial charge >= 0.3 is 0 Å². The van der Waals surface area contributed by atoms with Crippen molar-refractivity contribution in [3.63, 3.8) is 0 Å². The zero-order valence-electron chi connectivity index (χ0n) is 19.0. The fourth-order valence-electron chi connectivity index (χ4n) is 4.33. The molecule has 35 heavy (non-hydrogen) atoms. The highest BCUT2D eigenvalue weighted by molar-refractivity contribution is 7.89. The molecular weight excluding hydrogens is 492 g/mol. The lowest BCUT2D eigenvalue weighted by Crippen LogP contribution is -2.19. The lowest BCUT2D eigenvalue weighted by Gasteiger charge is -2.16. The van der Waals surface area contributed by atoms with Crippen LogP contribution in [0.4, 0.5) is 11.6 Å². The summed E-state index contributed by atoms with van der Waals surface area (Å²) in [7, 11) is -3.77. The van der Waals surface area contributed by atoms with Crippen LogP contribution < -0.4 is 10.1 Å². The van der Waals surface area contributed by atoms with Crippen molar-refractivity contribution in [1.82, 2.24) is 23.7 Å². The molecule has 1 saturated carbocycles. The monoisotopic (exact) mass is 516 g/mol. The first-order chi connectivity index (χ1) is 16.9. The normalized spacial score (nSPS) is 18.3. The van der Waals surface area contributed by atoms with Gasteiger partial charge in [0.15, 0.2) is 10.8 Å². The van der Waals surface area contributed by atoms with Crippen LogP contribution >= 0.6 is 11.6 Å². The molecule has 12 heteroatoms. The molecule has 5 rings (SSSR count). The highest BCUT2D eigenvalue weighted by Gasteiger charge is 2.30. The summed E-state index contributed by atoms with van der Waals surface area (Å²) >= 11 is 6.55. The second-order valence-electron chi connectivity index (χ2n) is 8.36. The van der Waals surface area contributed by atoms with Crippen molar-refractivity contribution in [2.45, 2.75) is 44.1 Å². The zero-order valence-corrected chi connectivity index (χ0v) is 20.6. The summed E-state index contributed by atoms with van der Waals surface area (Å²) in [6, 6.07) is 10.4. The number of halogens is 1. The van der Waals surface area contributed by atoms with E-state index in [1.54, 1.807) is 35.0 Å². The molecule has 1 fully saturated rings. The molecule has 3 heterocycles. The molecule has 184 valence electrons. The van der Waals surface area contributed by atoms with Crippen molar-refractivity contribution in [2.24, 2.45) is 0 Å². The Morgan fingerprint density at radius 3 is 2.71 bits per heavy atom. The number of nitrogens with zero attached hydrogens (tertiary/aromatic N) is 5. The number of anilines is 2. The van der Waals surface area contributed by atoms with Gasteiger partial charge in [-0.05, 0) is 37.8 Å². The van der Waals surface area contributed by atoms with E-state index in [-0.39, 0.29) is 29.3 Å². The van der Waals surface area contributed by atoms with Crippen LogP contribution in [0.2, 0.25) is 5.15 Å². The summed E-state index contributed by atoms with van der Waals surface area (Å²) < 4.78 is 34.9. The zero-order chi connectivity index (χ0) is 24.6. The van der Waals surface area contributed by atoms with Crippen molar-refractivity contribution in [2.75, 3.05) is 11.9 Å². The Hall–Kier alpha value is -3.15. The molecule has 0 bridgehead atoms. The highest BCUT2D eigenvalue weighted by Crippen LogP contribution is 2.35. The van der Waals surface area contributed by atoms with Gasteiger partial charge in [-0.1, -0.05) is 41.9 Å². The number of hydrogen-bond acceptors (Lipinski definition) is 8. The molecule has 2 atom stereocenters. The first kappa shape index (κ1) is 23.6. The van der Waals surface area contributed by atoms with Gasteiger partial charge in [0.2, 0.25) is 21.9 Å². The summed E-state index contributed by atoms with van der Waals surface area (Å²) in [6.45, 7) is 2.16. The number of aromatic nitrogens is 5. The molecule has 2 N–H and O–H groups in total. The molecule has 0 saturated heterocycles. The Morgan fingerprint density at radius 2 is 2.00 bits per heavy atom. The van der Waals surface area contributed by atoms with E-state index in [9.17, 15) is 13.5 Å². The van der Waals surface area contributed by atoms with Crippen molar-refractivity contribution in [3.05, 3.63) is 59.5 Å². The lowest BCUT2D eigenvalue weighted by atomic mass is 10.2. The number of benzene rings is 1. The first-order valence-corrected chi connectivity index (χ1v) is 13.3. The van der Waals surface area contributed by atoms with E-state index in [1.807, 2.05) is 13.0 Å². The fourth-order valence-corrected chi connectivity index (χ4v) is 6.00. The lowest BCUT2D eigenvalue weighted by molar-refractivity contribution is 0.130. The van der Waals surface area contributed by atoms with Gasteiger partial charge in [-0.15, -0.1) is 0 Å². The quantitative estimate of drug-likeness (QED) is 0.361. The average molecular weight is 517 g/mol. The number of aliphatic hydroxyl groups is 1. The van der Waals surface area contributed by atoms with Crippen LogP contribution in [0.15, 0.2) is 48.8 Å². The predicted molar refractivity (Wildman–Crippen MR) is 133 cm³/mol. The molecule has 3 aromatic heterocycles. The van der Waals surface area contributed by atoms with E-state index in [2.05, 4.69) is 20.4 Å². The second-order valence-corrected chi connectivity index (χ2v) is 10.6. The minimum Gasteiger partial charge on any atom is -0.477 e. The van der Waals surface area contributed by atoms with Gasteiger partial charge in [-0.25, -0.2) is 17.1 Å². The number of rotatable bonds is 8. The third-order valence-electron chi connectivity index (χ3n) is 5.99. The Labute approximate surface area is 207 Å². The van der Waals surface area contributed by atoms with Crippen LogP contribution in [0, 0.1) is 0 Å². The van der Waals surface area contributed by atoms with Crippen LogP contribution in [0.3, 0.4) is 0 Å². The molecule has 1 aliphatic carbocycles. The molecule has 1 aromatic carbocycles. The summed E-state index contributed by atoms with van der Waals surface area (Å²) in [5.41, 5.74) is 1.30. The van der Waals surface area contributed by atoms with E-state index in [4.69, 9.17) is 16.3 Å². The average Bonchev–Trinajstić information content (AvgIpc) is 3.54. The van der Waals surface area contributed by atoms with Gasteiger partial charge in [0, 0.05) is 6.20 Å². The summed E-state index contributed by atoms with van der Waals surface area (Å²) in [4.78, 5) is 8.91. The first-order valence-electron chi connectivity index (χ1n) is 11.3. The van der Waals surface area contributed by atoms with E-state index in [0.29, 0.717) is 34.8 Å². The smallest absolute Gasteiger partial charge is 0.244 e. The third-order valence-corrected chi connectivity index (χ3v) is 7.96. The SMILES string of the molecule is CCOc1nc(Nc2cnn([C@@H]3CCC[C@H]3O)c2Cl)nc2c1ccn2S(=O)(=O)Cc1ccccc1. The van der Waals surface area contributed by atoms with Crippen molar-refractivity contribution >= 4 is 44.3 Å². The van der Waals surface area contributed by atoms with Gasteiger partial charge in [0.25, 0.3) is 0 Å². The van der Waals surface area contributed by atoms with E-state index >= 15 is 0 Å². The van der Waals surface area contributed by atoms with Gasteiger partial charge in [0.05, 0.1) is 41.8 Å². The molecule has 0 spiro atoms. The van der Waals surface area contributed by atoms with Gasteiger partial charge in [-0.2, -0.15) is 15.1 Å². The Balaban J connectivity index is 1.52. The minimum absolute atomic E-state index is 0.115. The van der Waals surface area contributed by atoms with E-state index in [0.717, 1.165) is 16.8 Å². The molecular formula is C23H25ClN6O4S. The fraction of sp³-hybridized carbons (Fsp3) is 0.348. The van der Waals surface area contributed by atoms with Crippen LogP contribution in [0.25, 0.3) is 11.0 Å². The van der Waals surface area contributed by atoms with Crippen molar-refractivity contribution in [1.29, 1.82) is 0 Å². The Kier molecular flexibility index (Phi) is 6.39. The van der Waals surface area contributed by atoms with Gasteiger partial charge in [0.1, 0.15) is 0 Å². The van der Waals surface area contributed by atoms with Gasteiger partial charge in [-0.3, -0.25) is 0 Å².